The molecule has 0 aromatic rings. The number of nitrogens with zero attached hydrogens (tertiary/aromatic N) is 1. The highest BCUT2D eigenvalue weighted by Gasteiger charge is 2.44. The number of hydrogen-bond donors (Lipinski definition) is 1. The molecule has 3 heteroatoms. The Morgan fingerprint density at radius 1 is 1.05 bits per heavy atom. The van der Waals surface area contributed by atoms with Crippen molar-refractivity contribution in [1.29, 1.82) is 0 Å². The highest BCUT2D eigenvalue weighted by atomic mass is 16.2. The van der Waals surface area contributed by atoms with Crippen LogP contribution in [0.3, 0.4) is 0 Å². The van der Waals surface area contributed by atoms with Crippen LogP contribution in [0.2, 0.25) is 0 Å². The number of likely N-dealkylation sites (tertiary alicyclic amines) is 1. The summed E-state index contributed by atoms with van der Waals surface area (Å²) in [6.45, 7) is 7.52. The number of nitrogens with one attached hydrogen (secondary N) is 1. The lowest BCUT2D eigenvalue weighted by atomic mass is 9.73. The number of carbonyl (C=O) groups excluding carboxylic acids is 1. The second-order valence-electron chi connectivity index (χ2n) is 8.02. The molecule has 2 atom stereocenters. The van der Waals surface area contributed by atoms with Crippen molar-refractivity contribution < 1.29 is 4.79 Å². The maximum absolute atomic E-state index is 13.2. The maximum atomic E-state index is 13.2. The van der Waals surface area contributed by atoms with Gasteiger partial charge in [0.25, 0.3) is 0 Å². The molecule has 21 heavy (non-hydrogen) atoms. The van der Waals surface area contributed by atoms with Crippen molar-refractivity contribution in [3.05, 3.63) is 0 Å². The highest BCUT2D eigenvalue weighted by molar-refractivity contribution is 5.83. The summed E-state index contributed by atoms with van der Waals surface area (Å²) in [7, 11) is 0. The van der Waals surface area contributed by atoms with Gasteiger partial charge in [-0.25, -0.2) is 0 Å². The van der Waals surface area contributed by atoms with Crippen LogP contribution in [0.4, 0.5) is 0 Å². The number of carbonyl (C=O) groups is 1. The van der Waals surface area contributed by atoms with Gasteiger partial charge < -0.3 is 10.2 Å². The zero-order valence-electron chi connectivity index (χ0n) is 13.9. The molecule has 1 N–H and O–H groups in total. The fourth-order valence-electron chi connectivity index (χ4n) is 4.89. The molecule has 2 aliphatic heterocycles. The van der Waals surface area contributed by atoms with E-state index in [9.17, 15) is 4.79 Å². The van der Waals surface area contributed by atoms with Gasteiger partial charge in [-0.1, -0.05) is 26.7 Å². The molecule has 0 aromatic carbocycles. The second kappa shape index (κ2) is 6.28. The molecule has 3 nitrogen and oxygen atoms in total. The van der Waals surface area contributed by atoms with Crippen molar-refractivity contribution in [2.24, 2.45) is 17.3 Å². The lowest BCUT2D eigenvalue weighted by molar-refractivity contribution is -0.145. The van der Waals surface area contributed by atoms with Crippen LogP contribution in [0.1, 0.15) is 65.2 Å². The topological polar surface area (TPSA) is 32.3 Å². The lowest BCUT2D eigenvalue weighted by Crippen LogP contribution is -2.51. The number of rotatable bonds is 3. The van der Waals surface area contributed by atoms with Crippen LogP contribution in [0, 0.1) is 17.3 Å². The summed E-state index contributed by atoms with van der Waals surface area (Å²) in [6.07, 6.45) is 10.3. The summed E-state index contributed by atoms with van der Waals surface area (Å²) in [5.41, 5.74) is -0.200. The molecule has 0 spiro atoms. The number of amides is 1. The van der Waals surface area contributed by atoms with Crippen molar-refractivity contribution >= 4 is 5.91 Å². The van der Waals surface area contributed by atoms with Gasteiger partial charge in [-0.15, -0.1) is 0 Å². The van der Waals surface area contributed by atoms with E-state index in [1.807, 2.05) is 0 Å². The predicted octanol–water partition coefficient (Wildman–Crippen LogP) is 3.19. The fraction of sp³-hybridized carbons (Fsp3) is 0.944. The Hall–Kier alpha value is -0.570. The molecule has 1 saturated carbocycles. The van der Waals surface area contributed by atoms with Crippen molar-refractivity contribution in [2.75, 3.05) is 19.6 Å². The first kappa shape index (κ1) is 15.3. The first-order valence-electron chi connectivity index (χ1n) is 9.12. The van der Waals surface area contributed by atoms with E-state index < -0.39 is 0 Å². The molecule has 0 radical (unpaired) electrons. The number of piperidine rings is 1. The van der Waals surface area contributed by atoms with Crippen molar-refractivity contribution in [2.45, 2.75) is 71.3 Å². The third kappa shape index (κ3) is 2.99. The Labute approximate surface area is 129 Å². The average molecular weight is 292 g/mol. The molecule has 2 heterocycles. The van der Waals surface area contributed by atoms with Crippen LogP contribution in [-0.2, 0) is 4.79 Å². The van der Waals surface area contributed by atoms with Gasteiger partial charge in [-0.2, -0.15) is 0 Å². The van der Waals surface area contributed by atoms with Gasteiger partial charge in [0.05, 0.1) is 0 Å². The average Bonchev–Trinajstić information content (AvgIpc) is 3.18. The fourth-order valence-corrected chi connectivity index (χ4v) is 4.89. The quantitative estimate of drug-likeness (QED) is 0.866. The van der Waals surface area contributed by atoms with Crippen LogP contribution in [0.15, 0.2) is 0 Å². The van der Waals surface area contributed by atoms with Gasteiger partial charge in [0.2, 0.25) is 5.91 Å². The minimum absolute atomic E-state index is 0.200. The summed E-state index contributed by atoms with van der Waals surface area (Å²) >= 11 is 0. The van der Waals surface area contributed by atoms with E-state index in [1.165, 1.54) is 51.4 Å². The molecule has 3 aliphatic rings. The SMILES string of the molecule is CC(C)(C(=O)N1CCCC1C1CCCC1)C1CCCNC1. The van der Waals surface area contributed by atoms with Gasteiger partial charge in [0, 0.05) is 18.0 Å². The van der Waals surface area contributed by atoms with Crippen LogP contribution >= 0.6 is 0 Å². The molecular weight excluding hydrogens is 260 g/mol. The van der Waals surface area contributed by atoms with Crippen LogP contribution < -0.4 is 5.32 Å². The maximum Gasteiger partial charge on any atom is 0.228 e. The van der Waals surface area contributed by atoms with Crippen molar-refractivity contribution in [3.8, 4) is 0 Å². The first-order valence-corrected chi connectivity index (χ1v) is 9.12. The van der Waals surface area contributed by atoms with E-state index in [4.69, 9.17) is 0 Å². The van der Waals surface area contributed by atoms with Crippen LogP contribution in [0.5, 0.6) is 0 Å². The van der Waals surface area contributed by atoms with E-state index in [1.54, 1.807) is 0 Å². The van der Waals surface area contributed by atoms with Crippen molar-refractivity contribution in [3.63, 3.8) is 0 Å². The molecule has 2 unspecified atom stereocenters. The summed E-state index contributed by atoms with van der Waals surface area (Å²) in [5.74, 6) is 1.73. The van der Waals surface area contributed by atoms with E-state index in [0.717, 1.165) is 25.6 Å². The summed E-state index contributed by atoms with van der Waals surface area (Å²) in [6, 6.07) is 0.552. The Balaban J connectivity index is 1.70. The predicted molar refractivity (Wildman–Crippen MR) is 86.1 cm³/mol. The molecule has 120 valence electrons. The summed E-state index contributed by atoms with van der Waals surface area (Å²) in [5, 5.41) is 3.48. The zero-order chi connectivity index (χ0) is 14.9. The first-order chi connectivity index (χ1) is 10.1. The van der Waals surface area contributed by atoms with E-state index in [-0.39, 0.29) is 5.41 Å². The van der Waals surface area contributed by atoms with Crippen LogP contribution in [-0.4, -0.2) is 36.5 Å². The molecule has 1 aliphatic carbocycles. The molecule has 1 amide bonds. The Kier molecular flexibility index (Phi) is 4.58. The van der Waals surface area contributed by atoms with Gasteiger partial charge in [0.1, 0.15) is 0 Å². The van der Waals surface area contributed by atoms with E-state index in [2.05, 4.69) is 24.1 Å². The summed E-state index contributed by atoms with van der Waals surface area (Å²) < 4.78 is 0. The highest BCUT2D eigenvalue weighted by Crippen LogP contribution is 2.40. The Bertz CT molecular complexity index is 367. The minimum atomic E-state index is -0.200. The smallest absolute Gasteiger partial charge is 0.228 e. The lowest BCUT2D eigenvalue weighted by Gasteiger charge is -2.41. The summed E-state index contributed by atoms with van der Waals surface area (Å²) in [4.78, 5) is 15.5. The third-order valence-electron chi connectivity index (χ3n) is 6.37. The molecule has 3 fully saturated rings. The number of hydrogen-bond acceptors (Lipinski definition) is 2. The molecule has 3 rings (SSSR count). The largest absolute Gasteiger partial charge is 0.339 e. The third-order valence-corrected chi connectivity index (χ3v) is 6.37. The molecule has 2 saturated heterocycles. The van der Waals surface area contributed by atoms with Crippen LogP contribution in [0.25, 0.3) is 0 Å². The Morgan fingerprint density at radius 2 is 1.81 bits per heavy atom. The molecule has 0 bridgehead atoms. The van der Waals surface area contributed by atoms with E-state index in [0.29, 0.717) is 17.9 Å². The van der Waals surface area contributed by atoms with Gasteiger partial charge in [0.15, 0.2) is 0 Å². The minimum Gasteiger partial charge on any atom is -0.339 e. The molecular formula is C18H32N2O. The van der Waals surface area contributed by atoms with E-state index >= 15 is 0 Å². The second-order valence-corrected chi connectivity index (χ2v) is 8.02. The van der Waals surface area contributed by atoms with Crippen molar-refractivity contribution in [1.82, 2.24) is 10.2 Å². The Morgan fingerprint density at radius 3 is 2.48 bits per heavy atom. The normalized spacial score (nSPS) is 31.8. The standard InChI is InChI=1S/C18H32N2O/c1-18(2,15-9-5-11-19-13-15)17(21)20-12-6-10-16(20)14-7-3-4-8-14/h14-16,19H,3-13H2,1-2H3. The zero-order valence-corrected chi connectivity index (χ0v) is 13.9. The van der Waals surface area contributed by atoms with Gasteiger partial charge in [-0.3, -0.25) is 4.79 Å². The van der Waals surface area contributed by atoms with Gasteiger partial charge >= 0.3 is 0 Å². The monoisotopic (exact) mass is 292 g/mol. The molecule has 0 aromatic heterocycles. The van der Waals surface area contributed by atoms with Gasteiger partial charge in [-0.05, 0) is 63.5 Å².